The standard InChI is InChI=1S/C34H59NO7/c1-7-10-23(35-6)18-25-12-15-29(38-25)21(4)32-20-27-14-17-31(40-27)28(9-3)34(37)41-24(11-8-2)19-26-13-16-30(39-26)22(5)33(36)42-32/h21-32,35H,7-20H2,1-6H3/t21-,22+,23-,24+,25+,26+,27+,28-,29-,30-,31-,32+/m1/s1. The number of fused-ring (bicyclic) bond motifs is 4. The van der Waals surface area contributed by atoms with Gasteiger partial charge in [0.15, 0.2) is 0 Å². The first-order valence-electron chi connectivity index (χ1n) is 17.3. The van der Waals surface area contributed by atoms with Crippen LogP contribution in [0.15, 0.2) is 0 Å². The lowest BCUT2D eigenvalue weighted by Crippen LogP contribution is -2.40. The first kappa shape index (κ1) is 33.7. The lowest BCUT2D eigenvalue weighted by molar-refractivity contribution is -0.169. The Bertz CT molecular complexity index is 854. The normalized spacial score (nSPS) is 39.6. The van der Waals surface area contributed by atoms with Gasteiger partial charge in [-0.2, -0.15) is 0 Å². The van der Waals surface area contributed by atoms with Crippen LogP contribution in [0.25, 0.3) is 0 Å². The summed E-state index contributed by atoms with van der Waals surface area (Å²) in [4.78, 5) is 27.0. The number of rotatable bonds is 10. The Kier molecular flexibility index (Phi) is 13.0. The van der Waals surface area contributed by atoms with Gasteiger partial charge in [-0.3, -0.25) is 9.59 Å². The molecule has 4 bridgehead atoms. The van der Waals surface area contributed by atoms with Gasteiger partial charge >= 0.3 is 11.9 Å². The molecule has 0 unspecified atom stereocenters. The van der Waals surface area contributed by atoms with Gasteiger partial charge in [-0.15, -0.1) is 0 Å². The fourth-order valence-electron chi connectivity index (χ4n) is 7.77. The molecule has 4 rings (SSSR count). The predicted octanol–water partition coefficient (Wildman–Crippen LogP) is 6.12. The molecule has 0 aromatic rings. The summed E-state index contributed by atoms with van der Waals surface area (Å²) in [6.45, 7) is 10.5. The number of cyclic esters (lactones) is 2. The summed E-state index contributed by atoms with van der Waals surface area (Å²) in [5, 5.41) is 3.45. The lowest BCUT2D eigenvalue weighted by atomic mass is 9.90. The lowest BCUT2D eigenvalue weighted by Gasteiger charge is -2.32. The van der Waals surface area contributed by atoms with Crippen LogP contribution in [0, 0.1) is 17.8 Å². The average molecular weight is 594 g/mol. The highest BCUT2D eigenvalue weighted by Crippen LogP contribution is 2.37. The third-order valence-corrected chi connectivity index (χ3v) is 10.5. The fourth-order valence-corrected chi connectivity index (χ4v) is 7.77. The molecular formula is C34H59NO7. The fraction of sp³-hybridized carbons (Fsp3) is 0.941. The molecule has 4 fully saturated rings. The molecule has 0 aromatic carbocycles. The molecule has 8 nitrogen and oxygen atoms in total. The van der Waals surface area contributed by atoms with E-state index >= 15 is 0 Å². The van der Waals surface area contributed by atoms with E-state index < -0.39 is 0 Å². The van der Waals surface area contributed by atoms with Gasteiger partial charge < -0.3 is 29.0 Å². The zero-order valence-corrected chi connectivity index (χ0v) is 27.2. The summed E-state index contributed by atoms with van der Waals surface area (Å²) in [6.07, 6.45) is 11.8. The second-order valence-electron chi connectivity index (χ2n) is 13.6. The van der Waals surface area contributed by atoms with Crippen LogP contribution < -0.4 is 5.32 Å². The van der Waals surface area contributed by atoms with Gasteiger partial charge in [0, 0.05) is 24.8 Å². The number of ether oxygens (including phenoxy) is 5. The summed E-state index contributed by atoms with van der Waals surface area (Å²) in [5.74, 6) is -0.906. The van der Waals surface area contributed by atoms with Crippen LogP contribution in [0.4, 0.5) is 0 Å². The molecule has 0 aliphatic carbocycles. The predicted molar refractivity (Wildman–Crippen MR) is 162 cm³/mol. The quantitative estimate of drug-likeness (QED) is 0.303. The first-order chi connectivity index (χ1) is 20.3. The molecule has 8 heteroatoms. The molecule has 42 heavy (non-hydrogen) atoms. The summed E-state index contributed by atoms with van der Waals surface area (Å²) in [7, 11) is 2.03. The molecule has 0 aromatic heterocycles. The minimum atomic E-state index is -0.353. The molecule has 4 aliphatic heterocycles. The summed E-state index contributed by atoms with van der Waals surface area (Å²) in [6, 6.07) is 0.463. The third-order valence-electron chi connectivity index (χ3n) is 10.5. The Labute approximate surface area is 254 Å². The molecule has 4 saturated heterocycles. The monoisotopic (exact) mass is 593 g/mol. The van der Waals surface area contributed by atoms with Crippen LogP contribution >= 0.6 is 0 Å². The first-order valence-corrected chi connectivity index (χ1v) is 17.3. The number of carbonyl (C=O) groups is 2. The Morgan fingerprint density at radius 2 is 1.50 bits per heavy atom. The number of nitrogens with one attached hydrogen (secondary N) is 1. The molecule has 4 heterocycles. The maximum Gasteiger partial charge on any atom is 0.311 e. The van der Waals surface area contributed by atoms with E-state index in [0.29, 0.717) is 25.3 Å². The largest absolute Gasteiger partial charge is 0.462 e. The van der Waals surface area contributed by atoms with Crippen molar-refractivity contribution in [2.24, 2.45) is 17.8 Å². The van der Waals surface area contributed by atoms with Crippen LogP contribution in [0.2, 0.25) is 0 Å². The Morgan fingerprint density at radius 3 is 2.19 bits per heavy atom. The number of hydrogen-bond acceptors (Lipinski definition) is 8. The topological polar surface area (TPSA) is 92.3 Å². The number of carbonyl (C=O) groups excluding carboxylic acids is 2. The van der Waals surface area contributed by atoms with Crippen LogP contribution in [0.1, 0.15) is 125 Å². The number of esters is 2. The van der Waals surface area contributed by atoms with E-state index in [1.54, 1.807) is 0 Å². The summed E-state index contributed by atoms with van der Waals surface area (Å²) in [5.41, 5.74) is 0. The third kappa shape index (κ3) is 8.70. The number of hydrogen-bond donors (Lipinski definition) is 1. The molecule has 12 atom stereocenters. The average Bonchev–Trinajstić information content (AvgIpc) is 3.74. The molecule has 0 spiro atoms. The van der Waals surface area contributed by atoms with E-state index in [-0.39, 0.29) is 78.5 Å². The summed E-state index contributed by atoms with van der Waals surface area (Å²) < 4.78 is 32.0. The van der Waals surface area contributed by atoms with E-state index in [4.69, 9.17) is 23.7 Å². The SMILES string of the molecule is CCC[C@H](C[C@@H]1CC[C@H]([C@@H](C)[C@@H]2C[C@@H]3CC[C@@H](O3)[C@@H](CC)C(=O)O[C@@H](CCC)C[C@@H]3CC[C@@H](O3)[C@H](C)C(=O)O2)O1)NC. The highest BCUT2D eigenvalue weighted by molar-refractivity contribution is 5.73. The van der Waals surface area contributed by atoms with Crippen molar-refractivity contribution in [2.75, 3.05) is 7.05 Å². The maximum absolute atomic E-state index is 13.6. The van der Waals surface area contributed by atoms with Crippen molar-refractivity contribution in [2.45, 2.75) is 179 Å². The highest BCUT2D eigenvalue weighted by Gasteiger charge is 2.43. The van der Waals surface area contributed by atoms with Gasteiger partial charge in [0.2, 0.25) is 0 Å². The molecule has 242 valence electrons. The van der Waals surface area contributed by atoms with E-state index in [2.05, 4.69) is 26.1 Å². The molecule has 0 radical (unpaired) electrons. The van der Waals surface area contributed by atoms with Gasteiger partial charge in [0.1, 0.15) is 12.2 Å². The molecular weight excluding hydrogens is 534 g/mol. The Morgan fingerprint density at radius 1 is 0.786 bits per heavy atom. The summed E-state index contributed by atoms with van der Waals surface area (Å²) >= 11 is 0. The molecule has 4 aliphatic rings. The highest BCUT2D eigenvalue weighted by atomic mass is 16.6. The van der Waals surface area contributed by atoms with E-state index in [1.165, 1.54) is 0 Å². The molecule has 0 amide bonds. The van der Waals surface area contributed by atoms with E-state index in [1.807, 2.05) is 20.9 Å². The van der Waals surface area contributed by atoms with Gasteiger partial charge in [-0.25, -0.2) is 0 Å². The van der Waals surface area contributed by atoms with Crippen molar-refractivity contribution in [3.8, 4) is 0 Å². The van der Waals surface area contributed by atoms with E-state index in [0.717, 1.165) is 70.6 Å². The molecule has 0 saturated carbocycles. The second kappa shape index (κ2) is 16.2. The molecule has 1 N–H and O–H groups in total. The van der Waals surface area contributed by atoms with Gasteiger partial charge in [-0.05, 0) is 78.2 Å². The van der Waals surface area contributed by atoms with Crippen LogP contribution in [-0.2, 0) is 33.3 Å². The van der Waals surface area contributed by atoms with Crippen molar-refractivity contribution in [3.63, 3.8) is 0 Å². The van der Waals surface area contributed by atoms with E-state index in [9.17, 15) is 9.59 Å². The van der Waals surface area contributed by atoms with Gasteiger partial charge in [-0.1, -0.05) is 40.5 Å². The second-order valence-corrected chi connectivity index (χ2v) is 13.6. The van der Waals surface area contributed by atoms with Crippen molar-refractivity contribution in [3.05, 3.63) is 0 Å². The van der Waals surface area contributed by atoms with Crippen molar-refractivity contribution >= 4 is 11.9 Å². The minimum Gasteiger partial charge on any atom is -0.462 e. The van der Waals surface area contributed by atoms with Crippen molar-refractivity contribution in [1.82, 2.24) is 5.32 Å². The minimum absolute atomic E-state index is 0.0117. The zero-order chi connectivity index (χ0) is 30.2. The van der Waals surface area contributed by atoms with Crippen LogP contribution in [0.3, 0.4) is 0 Å². The smallest absolute Gasteiger partial charge is 0.311 e. The Hall–Kier alpha value is -1.22. The van der Waals surface area contributed by atoms with Gasteiger partial charge in [0.05, 0.1) is 48.5 Å². The maximum atomic E-state index is 13.6. The van der Waals surface area contributed by atoms with Crippen molar-refractivity contribution < 1.29 is 33.3 Å². The van der Waals surface area contributed by atoms with Crippen molar-refractivity contribution in [1.29, 1.82) is 0 Å². The zero-order valence-electron chi connectivity index (χ0n) is 27.2. The Balaban J connectivity index is 1.49. The van der Waals surface area contributed by atoms with Crippen LogP contribution in [-0.4, -0.2) is 73.9 Å². The van der Waals surface area contributed by atoms with Gasteiger partial charge in [0.25, 0.3) is 0 Å². The van der Waals surface area contributed by atoms with Crippen LogP contribution in [0.5, 0.6) is 0 Å².